The maximum Gasteiger partial charge on any atom is 0.227 e. The number of benzene rings is 1. The van der Waals surface area contributed by atoms with E-state index in [4.69, 9.17) is 0 Å². The summed E-state index contributed by atoms with van der Waals surface area (Å²) in [5, 5.41) is 5.98. The first-order chi connectivity index (χ1) is 11.0. The van der Waals surface area contributed by atoms with Gasteiger partial charge in [0.15, 0.2) is 0 Å². The summed E-state index contributed by atoms with van der Waals surface area (Å²) in [6.45, 7) is 3.94. The topological polar surface area (TPSA) is 61.4 Å². The number of nitrogens with zero attached hydrogens (tertiary/aromatic N) is 1. The van der Waals surface area contributed by atoms with E-state index in [0.717, 1.165) is 23.0 Å². The van der Waals surface area contributed by atoms with Crippen molar-refractivity contribution in [3.63, 3.8) is 0 Å². The number of carbonyl (C=O) groups excluding carboxylic acids is 2. The lowest BCUT2D eigenvalue weighted by atomic mass is 9.95. The van der Waals surface area contributed by atoms with Crippen LogP contribution in [0.15, 0.2) is 28.7 Å². The van der Waals surface area contributed by atoms with Gasteiger partial charge in [0.1, 0.15) is 0 Å². The second kappa shape index (κ2) is 10.0. The van der Waals surface area contributed by atoms with Crippen LogP contribution in [0.4, 0.5) is 5.69 Å². The fraction of sp³-hybridized carbons (Fsp3) is 0.529. The zero-order chi connectivity index (χ0) is 16.8. The largest absolute Gasteiger partial charge is 0.342 e. The van der Waals surface area contributed by atoms with Crippen molar-refractivity contribution in [2.75, 3.05) is 32.0 Å². The Morgan fingerprint density at radius 2 is 1.83 bits per heavy atom. The number of hydrogen-bond acceptors (Lipinski definition) is 3. The highest BCUT2D eigenvalue weighted by Gasteiger charge is 2.29. The third kappa shape index (κ3) is 5.76. The monoisotopic (exact) mass is 417 g/mol. The lowest BCUT2D eigenvalue weighted by Gasteiger charge is -2.33. The Bertz CT molecular complexity index is 545. The van der Waals surface area contributed by atoms with Crippen LogP contribution >= 0.6 is 28.3 Å². The average Bonchev–Trinajstić information content (AvgIpc) is 2.56. The van der Waals surface area contributed by atoms with Crippen molar-refractivity contribution < 1.29 is 9.59 Å². The van der Waals surface area contributed by atoms with E-state index in [1.54, 1.807) is 0 Å². The summed E-state index contributed by atoms with van der Waals surface area (Å²) in [4.78, 5) is 26.5. The number of nitrogens with one attached hydrogen (secondary N) is 2. The van der Waals surface area contributed by atoms with E-state index < -0.39 is 0 Å². The van der Waals surface area contributed by atoms with Crippen molar-refractivity contribution >= 4 is 45.8 Å². The molecule has 1 aromatic rings. The third-order valence-corrected chi connectivity index (χ3v) is 4.75. The van der Waals surface area contributed by atoms with Gasteiger partial charge in [0, 0.05) is 41.6 Å². The molecule has 1 aliphatic heterocycles. The minimum absolute atomic E-state index is 0. The maximum atomic E-state index is 12.3. The molecule has 2 N–H and O–H groups in total. The second-order valence-corrected chi connectivity index (χ2v) is 6.97. The lowest BCUT2D eigenvalue weighted by molar-refractivity contribution is -0.137. The Balaban J connectivity index is 0.00000288. The van der Waals surface area contributed by atoms with Crippen molar-refractivity contribution in [2.45, 2.75) is 19.8 Å². The van der Waals surface area contributed by atoms with Crippen molar-refractivity contribution in [2.24, 2.45) is 11.8 Å². The van der Waals surface area contributed by atoms with Crippen molar-refractivity contribution in [3.8, 4) is 0 Å². The highest BCUT2D eigenvalue weighted by atomic mass is 79.9. The molecule has 2 rings (SSSR count). The first-order valence-electron chi connectivity index (χ1n) is 8.01. The van der Waals surface area contributed by atoms with Gasteiger partial charge in [-0.2, -0.15) is 0 Å². The van der Waals surface area contributed by atoms with Gasteiger partial charge in [-0.3, -0.25) is 9.59 Å². The minimum Gasteiger partial charge on any atom is -0.342 e. The summed E-state index contributed by atoms with van der Waals surface area (Å²) in [6.07, 6.45) is 1.45. The molecule has 24 heavy (non-hydrogen) atoms. The maximum absolute atomic E-state index is 12.3. The Morgan fingerprint density at radius 1 is 1.25 bits per heavy atom. The molecule has 0 spiro atoms. The van der Waals surface area contributed by atoms with Crippen LogP contribution < -0.4 is 10.6 Å². The van der Waals surface area contributed by atoms with Gasteiger partial charge < -0.3 is 15.5 Å². The van der Waals surface area contributed by atoms with Gasteiger partial charge in [0.25, 0.3) is 0 Å². The standard InChI is InChI=1S/C17H24BrN3O2.ClH/c1-12(11-19-2)17(23)21-9-7-13(8-10-21)16(22)20-15-5-3-14(18)4-6-15;/h3-6,12-13,19H,7-11H2,1-2H3,(H,20,22);1H. The summed E-state index contributed by atoms with van der Waals surface area (Å²) >= 11 is 3.38. The van der Waals surface area contributed by atoms with Crippen LogP contribution in [0.5, 0.6) is 0 Å². The van der Waals surface area contributed by atoms with E-state index in [1.807, 2.05) is 43.1 Å². The molecule has 5 nitrogen and oxygen atoms in total. The number of carbonyl (C=O) groups is 2. The van der Waals surface area contributed by atoms with Crippen molar-refractivity contribution in [1.82, 2.24) is 10.2 Å². The quantitative estimate of drug-likeness (QED) is 0.773. The van der Waals surface area contributed by atoms with Gasteiger partial charge in [-0.1, -0.05) is 22.9 Å². The molecule has 2 amide bonds. The molecule has 0 bridgehead atoms. The predicted octanol–water partition coefficient (Wildman–Crippen LogP) is 2.90. The molecular formula is C17H25BrClN3O2. The molecule has 1 unspecified atom stereocenters. The summed E-state index contributed by atoms with van der Waals surface area (Å²) < 4.78 is 0.984. The van der Waals surface area contributed by atoms with Crippen LogP contribution in [-0.4, -0.2) is 43.4 Å². The molecule has 0 aromatic heterocycles. The smallest absolute Gasteiger partial charge is 0.227 e. The Morgan fingerprint density at radius 3 is 2.38 bits per heavy atom. The SMILES string of the molecule is CNCC(C)C(=O)N1CCC(C(=O)Nc2ccc(Br)cc2)CC1.Cl. The number of amides is 2. The summed E-state index contributed by atoms with van der Waals surface area (Å²) in [7, 11) is 1.85. The van der Waals surface area contributed by atoms with E-state index in [0.29, 0.717) is 19.6 Å². The van der Waals surface area contributed by atoms with Gasteiger partial charge in [-0.15, -0.1) is 12.4 Å². The molecule has 0 aliphatic carbocycles. The Kier molecular flexibility index (Phi) is 8.73. The highest BCUT2D eigenvalue weighted by molar-refractivity contribution is 9.10. The number of hydrogen-bond donors (Lipinski definition) is 2. The highest BCUT2D eigenvalue weighted by Crippen LogP contribution is 2.21. The lowest BCUT2D eigenvalue weighted by Crippen LogP contribution is -2.45. The molecule has 1 aliphatic rings. The van der Waals surface area contributed by atoms with Crippen LogP contribution in [-0.2, 0) is 9.59 Å². The number of likely N-dealkylation sites (tertiary alicyclic amines) is 1. The van der Waals surface area contributed by atoms with Gasteiger partial charge in [-0.25, -0.2) is 0 Å². The van der Waals surface area contributed by atoms with Gasteiger partial charge in [0.05, 0.1) is 0 Å². The predicted molar refractivity (Wildman–Crippen MR) is 102 cm³/mol. The van der Waals surface area contributed by atoms with Gasteiger partial charge in [0.2, 0.25) is 11.8 Å². The fourth-order valence-electron chi connectivity index (χ4n) is 2.84. The Hall–Kier alpha value is -1.11. The molecule has 1 saturated heterocycles. The molecule has 0 saturated carbocycles. The first-order valence-corrected chi connectivity index (χ1v) is 8.80. The van der Waals surface area contributed by atoms with E-state index in [-0.39, 0.29) is 36.1 Å². The van der Waals surface area contributed by atoms with E-state index in [9.17, 15) is 9.59 Å². The molecule has 1 atom stereocenters. The number of rotatable bonds is 5. The second-order valence-electron chi connectivity index (χ2n) is 6.05. The van der Waals surface area contributed by atoms with Crippen LogP contribution in [0.25, 0.3) is 0 Å². The molecule has 1 fully saturated rings. The minimum atomic E-state index is -0.0256. The summed E-state index contributed by atoms with van der Waals surface area (Å²) in [5.41, 5.74) is 0.805. The number of anilines is 1. The van der Waals surface area contributed by atoms with Crippen molar-refractivity contribution in [1.29, 1.82) is 0 Å². The molecular weight excluding hydrogens is 394 g/mol. The third-order valence-electron chi connectivity index (χ3n) is 4.22. The summed E-state index contributed by atoms with van der Waals surface area (Å²) in [6, 6.07) is 7.56. The summed E-state index contributed by atoms with van der Waals surface area (Å²) in [5.74, 6) is 0.171. The van der Waals surface area contributed by atoms with Crippen LogP contribution in [0.2, 0.25) is 0 Å². The number of halogens is 2. The molecule has 1 heterocycles. The van der Waals surface area contributed by atoms with E-state index in [2.05, 4.69) is 26.6 Å². The molecule has 7 heteroatoms. The fourth-order valence-corrected chi connectivity index (χ4v) is 3.11. The first kappa shape index (κ1) is 20.9. The van der Waals surface area contributed by atoms with Crippen LogP contribution in [0, 0.1) is 11.8 Å². The molecule has 134 valence electrons. The number of piperidine rings is 1. The normalized spacial score (nSPS) is 16.2. The van der Waals surface area contributed by atoms with E-state index in [1.165, 1.54) is 0 Å². The molecule has 1 aromatic carbocycles. The molecule has 0 radical (unpaired) electrons. The Labute approximate surface area is 158 Å². The van der Waals surface area contributed by atoms with Crippen LogP contribution in [0.1, 0.15) is 19.8 Å². The van der Waals surface area contributed by atoms with Gasteiger partial charge in [-0.05, 0) is 44.2 Å². The zero-order valence-electron chi connectivity index (χ0n) is 14.0. The average molecular weight is 419 g/mol. The van der Waals surface area contributed by atoms with Gasteiger partial charge >= 0.3 is 0 Å². The van der Waals surface area contributed by atoms with E-state index >= 15 is 0 Å². The zero-order valence-corrected chi connectivity index (χ0v) is 16.5. The van der Waals surface area contributed by atoms with Crippen LogP contribution in [0.3, 0.4) is 0 Å². The van der Waals surface area contributed by atoms with Crippen molar-refractivity contribution in [3.05, 3.63) is 28.7 Å².